The zero-order chi connectivity index (χ0) is 28.7. The zero-order valence-electron chi connectivity index (χ0n) is 23.1. The summed E-state index contributed by atoms with van der Waals surface area (Å²) in [5.41, 5.74) is 3.31. The molecule has 0 N–H and O–H groups in total. The van der Waals surface area contributed by atoms with E-state index in [0.717, 1.165) is 32.8 Å². The molecule has 0 aliphatic carbocycles. The minimum absolute atomic E-state index is 0.203. The molecule has 0 unspecified atom stereocenters. The number of para-hydroxylation sites is 1. The van der Waals surface area contributed by atoms with Gasteiger partial charge in [0.05, 0.1) is 29.5 Å². The lowest BCUT2D eigenvalue weighted by molar-refractivity contribution is -0.139. The summed E-state index contributed by atoms with van der Waals surface area (Å²) < 4.78 is 15.6. The van der Waals surface area contributed by atoms with Crippen molar-refractivity contribution in [1.29, 1.82) is 0 Å². The van der Waals surface area contributed by atoms with Crippen LogP contribution in [0.25, 0.3) is 27.8 Å². The van der Waals surface area contributed by atoms with Gasteiger partial charge in [-0.2, -0.15) is 0 Å². The maximum Gasteiger partial charge on any atom is 0.338 e. The standard InChI is InChI=1S/C33H29N3O4S/c1-5-17-35-19-22(23-12-9-10-14-25(23)35)18-27-31(37)36-30(28(32(38)40-6-2)20(3)34-33(36)41-27)29-24-13-8-7-11-21(24)15-16-26(29)39-4/h5,7-16,18-19,30H,1,6,17H2,2-4H3/b27-18+/t30-/m0/s1. The molecular weight excluding hydrogens is 534 g/mol. The van der Waals surface area contributed by atoms with Crippen LogP contribution >= 0.6 is 11.3 Å². The van der Waals surface area contributed by atoms with E-state index in [9.17, 15) is 9.59 Å². The molecule has 0 radical (unpaired) electrons. The third-order valence-electron chi connectivity index (χ3n) is 7.37. The van der Waals surface area contributed by atoms with Gasteiger partial charge < -0.3 is 14.0 Å². The molecule has 8 heteroatoms. The van der Waals surface area contributed by atoms with Crippen molar-refractivity contribution in [3.05, 3.63) is 122 Å². The number of ether oxygens (including phenoxy) is 2. The maximum absolute atomic E-state index is 14.3. The monoisotopic (exact) mass is 563 g/mol. The Labute approximate surface area is 240 Å². The lowest BCUT2D eigenvalue weighted by Gasteiger charge is -2.27. The Kier molecular flexibility index (Phi) is 6.93. The van der Waals surface area contributed by atoms with Gasteiger partial charge >= 0.3 is 5.97 Å². The summed E-state index contributed by atoms with van der Waals surface area (Å²) in [6.07, 6.45) is 5.79. The van der Waals surface area contributed by atoms with Gasteiger partial charge in [0.2, 0.25) is 0 Å². The Morgan fingerprint density at radius 1 is 1.10 bits per heavy atom. The number of thiazole rings is 1. The van der Waals surface area contributed by atoms with Gasteiger partial charge in [-0.25, -0.2) is 9.79 Å². The lowest BCUT2D eigenvalue weighted by Crippen LogP contribution is -2.40. The van der Waals surface area contributed by atoms with Crippen LogP contribution in [-0.2, 0) is 16.1 Å². The van der Waals surface area contributed by atoms with Crippen LogP contribution in [-0.4, -0.2) is 28.8 Å². The summed E-state index contributed by atoms with van der Waals surface area (Å²) in [5, 5.41) is 2.89. The van der Waals surface area contributed by atoms with Crippen LogP contribution in [0.1, 0.15) is 31.0 Å². The number of fused-ring (bicyclic) bond motifs is 3. The molecule has 0 bridgehead atoms. The zero-order valence-corrected chi connectivity index (χ0v) is 23.9. The number of carbonyl (C=O) groups excluding carboxylic acids is 1. The van der Waals surface area contributed by atoms with Gasteiger partial charge in [0.1, 0.15) is 11.8 Å². The second-order valence-corrected chi connectivity index (χ2v) is 10.8. The topological polar surface area (TPSA) is 74.8 Å². The highest BCUT2D eigenvalue weighted by molar-refractivity contribution is 7.07. The van der Waals surface area contributed by atoms with Crippen molar-refractivity contribution in [2.75, 3.05) is 13.7 Å². The molecule has 7 nitrogen and oxygen atoms in total. The highest BCUT2D eigenvalue weighted by atomic mass is 32.1. The van der Waals surface area contributed by atoms with Crippen LogP contribution in [0.15, 0.2) is 101 Å². The lowest BCUT2D eigenvalue weighted by atomic mass is 9.90. The van der Waals surface area contributed by atoms with Crippen LogP contribution in [0.2, 0.25) is 0 Å². The van der Waals surface area contributed by atoms with Gasteiger partial charge in [-0.05, 0) is 42.8 Å². The summed E-state index contributed by atoms with van der Waals surface area (Å²) in [5.74, 6) is 0.0720. The minimum atomic E-state index is -0.782. The van der Waals surface area contributed by atoms with Crippen LogP contribution in [0.5, 0.6) is 5.75 Å². The average Bonchev–Trinajstić information content (AvgIpc) is 3.48. The van der Waals surface area contributed by atoms with Crippen molar-refractivity contribution in [2.24, 2.45) is 4.99 Å². The smallest absolute Gasteiger partial charge is 0.338 e. The molecule has 1 aliphatic heterocycles. The third kappa shape index (κ3) is 4.40. The second-order valence-electron chi connectivity index (χ2n) is 9.75. The Balaban J connectivity index is 1.66. The molecule has 0 saturated carbocycles. The van der Waals surface area contributed by atoms with Gasteiger partial charge in [-0.15, -0.1) is 6.58 Å². The SMILES string of the molecule is C=CCn1cc(/C=c2/sc3n(c2=O)[C@H](c2c(OC)ccc4ccccc24)C(C(=O)OCC)=C(C)N=3)c2ccccc21. The summed E-state index contributed by atoms with van der Waals surface area (Å²) >= 11 is 1.31. The highest BCUT2D eigenvalue weighted by Gasteiger charge is 2.36. The van der Waals surface area contributed by atoms with E-state index < -0.39 is 12.0 Å². The van der Waals surface area contributed by atoms with Crippen molar-refractivity contribution in [2.45, 2.75) is 26.4 Å². The van der Waals surface area contributed by atoms with Crippen LogP contribution in [0, 0.1) is 0 Å². The molecular formula is C33H29N3O4S. The molecule has 3 heterocycles. The number of benzene rings is 3. The molecule has 0 fully saturated rings. The summed E-state index contributed by atoms with van der Waals surface area (Å²) in [6, 6.07) is 19.0. The fourth-order valence-electron chi connectivity index (χ4n) is 5.62. The van der Waals surface area contributed by atoms with Crippen molar-refractivity contribution in [3.63, 3.8) is 0 Å². The largest absolute Gasteiger partial charge is 0.496 e. The predicted octanol–water partition coefficient (Wildman–Crippen LogP) is 5.10. The van der Waals surface area contributed by atoms with Crippen molar-refractivity contribution in [3.8, 4) is 5.75 Å². The van der Waals surface area contributed by atoms with Gasteiger partial charge in [0.25, 0.3) is 5.56 Å². The van der Waals surface area contributed by atoms with Crippen LogP contribution in [0.3, 0.4) is 0 Å². The molecule has 1 aliphatic rings. The van der Waals surface area contributed by atoms with E-state index in [1.165, 1.54) is 11.3 Å². The first-order valence-electron chi connectivity index (χ1n) is 13.4. The number of allylic oxidation sites excluding steroid dienone is 2. The van der Waals surface area contributed by atoms with E-state index >= 15 is 0 Å². The number of esters is 1. The first kappa shape index (κ1) is 26.5. The predicted molar refractivity (Wildman–Crippen MR) is 163 cm³/mol. The molecule has 0 amide bonds. The molecule has 6 rings (SSSR count). The van der Waals surface area contributed by atoms with Gasteiger partial charge in [-0.3, -0.25) is 9.36 Å². The number of hydrogen-bond donors (Lipinski definition) is 0. The quantitative estimate of drug-likeness (QED) is 0.204. The molecule has 0 spiro atoms. The summed E-state index contributed by atoms with van der Waals surface area (Å²) in [7, 11) is 1.59. The number of rotatable bonds is 7. The number of hydrogen-bond acceptors (Lipinski definition) is 6. The van der Waals surface area contributed by atoms with E-state index in [0.29, 0.717) is 32.9 Å². The Bertz CT molecular complexity index is 2060. The first-order chi connectivity index (χ1) is 20.0. The fourth-order valence-corrected chi connectivity index (χ4v) is 6.66. The van der Waals surface area contributed by atoms with E-state index in [1.807, 2.05) is 72.9 Å². The molecule has 0 saturated heterocycles. The third-order valence-corrected chi connectivity index (χ3v) is 8.36. The Hall–Kier alpha value is -4.69. The second kappa shape index (κ2) is 10.7. The molecule has 1 atom stereocenters. The van der Waals surface area contributed by atoms with E-state index in [2.05, 4.69) is 17.2 Å². The van der Waals surface area contributed by atoms with E-state index in [-0.39, 0.29) is 12.2 Å². The van der Waals surface area contributed by atoms with E-state index in [4.69, 9.17) is 14.5 Å². The summed E-state index contributed by atoms with van der Waals surface area (Å²) in [6.45, 7) is 8.29. The highest BCUT2D eigenvalue weighted by Crippen LogP contribution is 2.40. The van der Waals surface area contributed by atoms with Crippen molar-refractivity contribution in [1.82, 2.24) is 9.13 Å². The normalized spacial score (nSPS) is 15.2. The molecule has 5 aromatic rings. The number of aromatic nitrogens is 2. The Morgan fingerprint density at radius 3 is 2.61 bits per heavy atom. The number of carbonyl (C=O) groups is 1. The van der Waals surface area contributed by atoms with Gasteiger partial charge in [0.15, 0.2) is 4.80 Å². The molecule has 3 aromatic carbocycles. The number of methoxy groups -OCH3 is 1. The molecule has 206 valence electrons. The first-order valence-corrected chi connectivity index (χ1v) is 14.2. The number of nitrogens with zero attached hydrogens (tertiary/aromatic N) is 3. The van der Waals surface area contributed by atoms with Gasteiger partial charge in [-0.1, -0.05) is 65.9 Å². The minimum Gasteiger partial charge on any atom is -0.496 e. The molecule has 2 aromatic heterocycles. The Morgan fingerprint density at radius 2 is 1.85 bits per heavy atom. The van der Waals surface area contributed by atoms with Crippen molar-refractivity contribution >= 4 is 45.1 Å². The van der Waals surface area contributed by atoms with E-state index in [1.54, 1.807) is 25.5 Å². The van der Waals surface area contributed by atoms with Crippen LogP contribution in [0.4, 0.5) is 0 Å². The maximum atomic E-state index is 14.3. The molecule has 41 heavy (non-hydrogen) atoms. The van der Waals surface area contributed by atoms with Crippen LogP contribution < -0.4 is 19.6 Å². The summed E-state index contributed by atoms with van der Waals surface area (Å²) in [4.78, 5) is 33.0. The average molecular weight is 564 g/mol. The van der Waals surface area contributed by atoms with Crippen molar-refractivity contribution < 1.29 is 14.3 Å². The van der Waals surface area contributed by atoms with Gasteiger partial charge in [0, 0.05) is 34.8 Å². The fraction of sp³-hybridized carbons (Fsp3) is 0.182.